The van der Waals surface area contributed by atoms with Gasteiger partial charge in [0.05, 0.1) is 17.2 Å². The van der Waals surface area contributed by atoms with Crippen molar-refractivity contribution in [2.75, 3.05) is 20.2 Å². The van der Waals surface area contributed by atoms with Crippen LogP contribution < -0.4 is 10.6 Å². The molecule has 2 N–H and O–H groups in total. The first-order chi connectivity index (χ1) is 9.15. The first kappa shape index (κ1) is 14.4. The number of halogens is 1. The van der Waals surface area contributed by atoms with E-state index in [1.807, 2.05) is 4.57 Å². The number of aromatic nitrogens is 1. The van der Waals surface area contributed by atoms with Gasteiger partial charge in [-0.2, -0.15) is 0 Å². The van der Waals surface area contributed by atoms with E-state index in [0.717, 1.165) is 26.1 Å². The highest BCUT2D eigenvalue weighted by atomic mass is 35.5. The molecule has 2 atom stereocenters. The number of methoxy groups -OCH3 is 1. The maximum absolute atomic E-state index is 12.3. The summed E-state index contributed by atoms with van der Waals surface area (Å²) in [5.41, 5.74) is 0.605. The molecule has 2 heterocycles. The Labute approximate surface area is 118 Å². The summed E-state index contributed by atoms with van der Waals surface area (Å²) in [5, 5.41) is 6.79. The van der Waals surface area contributed by atoms with E-state index in [9.17, 15) is 4.79 Å². The molecule has 0 bridgehead atoms. The summed E-state index contributed by atoms with van der Waals surface area (Å²) in [6.45, 7) is 4.34. The Bertz CT molecular complexity index is 447. The quantitative estimate of drug-likeness (QED) is 0.857. The second-order valence-corrected chi connectivity index (χ2v) is 5.19. The Morgan fingerprint density at radius 3 is 3.11 bits per heavy atom. The topological polar surface area (TPSA) is 55.3 Å². The van der Waals surface area contributed by atoms with Crippen LogP contribution in [0.25, 0.3) is 0 Å². The van der Waals surface area contributed by atoms with Crippen molar-refractivity contribution in [2.24, 2.45) is 0 Å². The average Bonchev–Trinajstić information content (AvgIpc) is 2.96. The molecule has 1 amide bonds. The van der Waals surface area contributed by atoms with E-state index in [1.165, 1.54) is 0 Å². The Balaban J connectivity index is 2.07. The lowest BCUT2D eigenvalue weighted by atomic mass is 10.2. The number of nitrogens with zero attached hydrogens (tertiary/aromatic N) is 1. The third-order valence-corrected chi connectivity index (χ3v) is 3.54. The van der Waals surface area contributed by atoms with Crippen molar-refractivity contribution in [1.29, 1.82) is 0 Å². The minimum absolute atomic E-state index is 0.00116. The largest absolute Gasteiger partial charge is 0.378 e. The van der Waals surface area contributed by atoms with E-state index >= 15 is 0 Å². The predicted octanol–water partition coefficient (Wildman–Crippen LogP) is 1.27. The number of ether oxygens (including phenoxy) is 1. The summed E-state index contributed by atoms with van der Waals surface area (Å²) < 4.78 is 7.22. The molecule has 0 aliphatic carbocycles. The zero-order valence-corrected chi connectivity index (χ0v) is 12.0. The number of aryl methyl sites for hydroxylation is 1. The third-order valence-electron chi connectivity index (χ3n) is 3.34. The van der Waals surface area contributed by atoms with Crippen molar-refractivity contribution < 1.29 is 9.53 Å². The number of carbonyl (C=O) groups is 1. The van der Waals surface area contributed by atoms with Gasteiger partial charge in [-0.25, -0.2) is 0 Å². The van der Waals surface area contributed by atoms with Gasteiger partial charge in [0.25, 0.3) is 5.91 Å². The van der Waals surface area contributed by atoms with Gasteiger partial charge in [0, 0.05) is 32.9 Å². The lowest BCUT2D eigenvalue weighted by Crippen LogP contribution is -2.44. The van der Waals surface area contributed by atoms with Crippen LogP contribution in [0.3, 0.4) is 0 Å². The van der Waals surface area contributed by atoms with Gasteiger partial charge in [-0.3, -0.25) is 4.79 Å². The van der Waals surface area contributed by atoms with E-state index in [1.54, 1.807) is 19.4 Å². The molecule has 1 unspecified atom stereocenters. The molecule has 2 rings (SSSR count). The minimum atomic E-state index is -0.101. The van der Waals surface area contributed by atoms with Gasteiger partial charge < -0.3 is 19.9 Å². The number of rotatable bonds is 5. The first-order valence-electron chi connectivity index (χ1n) is 6.55. The second-order valence-electron chi connectivity index (χ2n) is 4.75. The summed E-state index contributed by atoms with van der Waals surface area (Å²) >= 11 is 5.98. The molecule has 5 nitrogen and oxygen atoms in total. The summed E-state index contributed by atoms with van der Waals surface area (Å²) in [4.78, 5) is 12.3. The fraction of sp³-hybridized carbons (Fsp3) is 0.615. The van der Waals surface area contributed by atoms with Crippen molar-refractivity contribution in [2.45, 2.75) is 32.0 Å². The molecule has 6 heteroatoms. The molecule has 1 aromatic heterocycles. The van der Waals surface area contributed by atoms with Crippen LogP contribution in [0, 0.1) is 0 Å². The van der Waals surface area contributed by atoms with E-state index in [2.05, 4.69) is 17.6 Å². The van der Waals surface area contributed by atoms with Gasteiger partial charge in [-0.1, -0.05) is 18.5 Å². The molecule has 0 saturated carbocycles. The zero-order chi connectivity index (χ0) is 13.8. The molecule has 0 aromatic carbocycles. The van der Waals surface area contributed by atoms with Gasteiger partial charge in [-0.15, -0.1) is 0 Å². The molecule has 19 heavy (non-hydrogen) atoms. The third kappa shape index (κ3) is 3.29. The van der Waals surface area contributed by atoms with E-state index in [0.29, 0.717) is 10.7 Å². The van der Waals surface area contributed by atoms with Crippen molar-refractivity contribution in [3.05, 3.63) is 23.0 Å². The van der Waals surface area contributed by atoms with Crippen molar-refractivity contribution in [3.8, 4) is 0 Å². The number of hydrogen-bond donors (Lipinski definition) is 2. The summed E-state index contributed by atoms with van der Waals surface area (Å²) in [6.07, 6.45) is 2.77. The zero-order valence-electron chi connectivity index (χ0n) is 11.3. The van der Waals surface area contributed by atoms with Crippen LogP contribution in [0.1, 0.15) is 23.8 Å². The molecule has 1 fully saturated rings. The SMILES string of the molecule is CCCn1cc(Cl)cc1C(=O)NC1CNC[C@@H]1OC. The fourth-order valence-corrected chi connectivity index (χ4v) is 2.60. The monoisotopic (exact) mass is 285 g/mol. The molecular formula is C13H20ClN3O2. The Kier molecular flexibility index (Phi) is 4.85. The molecular weight excluding hydrogens is 266 g/mol. The fourth-order valence-electron chi connectivity index (χ4n) is 2.38. The Hall–Kier alpha value is -1.04. The summed E-state index contributed by atoms with van der Waals surface area (Å²) in [6, 6.07) is 1.71. The number of carbonyl (C=O) groups excluding carboxylic acids is 1. The minimum Gasteiger partial charge on any atom is -0.378 e. The normalized spacial score (nSPS) is 22.7. The maximum Gasteiger partial charge on any atom is 0.268 e. The highest BCUT2D eigenvalue weighted by Gasteiger charge is 2.29. The average molecular weight is 286 g/mol. The number of nitrogens with one attached hydrogen (secondary N) is 2. The maximum atomic E-state index is 12.3. The van der Waals surface area contributed by atoms with Gasteiger partial charge in [0.2, 0.25) is 0 Å². The van der Waals surface area contributed by atoms with Crippen molar-refractivity contribution >= 4 is 17.5 Å². The highest BCUT2D eigenvalue weighted by Crippen LogP contribution is 2.15. The molecule has 106 valence electrons. The number of amides is 1. The summed E-state index contributed by atoms with van der Waals surface area (Å²) in [7, 11) is 1.66. The van der Waals surface area contributed by atoms with E-state index in [-0.39, 0.29) is 18.1 Å². The Morgan fingerprint density at radius 1 is 1.63 bits per heavy atom. The molecule has 1 aliphatic heterocycles. The molecule has 1 aromatic rings. The highest BCUT2D eigenvalue weighted by molar-refractivity contribution is 6.31. The first-order valence-corrected chi connectivity index (χ1v) is 6.93. The molecule has 1 aliphatic rings. The van der Waals surface area contributed by atoms with Gasteiger partial charge in [0.1, 0.15) is 5.69 Å². The van der Waals surface area contributed by atoms with E-state index in [4.69, 9.17) is 16.3 Å². The van der Waals surface area contributed by atoms with Gasteiger partial charge in [-0.05, 0) is 12.5 Å². The smallest absolute Gasteiger partial charge is 0.268 e. The van der Waals surface area contributed by atoms with Crippen molar-refractivity contribution in [1.82, 2.24) is 15.2 Å². The summed E-state index contributed by atoms with van der Waals surface area (Å²) in [5.74, 6) is -0.101. The molecule has 0 spiro atoms. The molecule has 0 radical (unpaired) electrons. The van der Waals surface area contributed by atoms with Crippen LogP contribution in [-0.4, -0.2) is 42.8 Å². The second kappa shape index (κ2) is 6.41. The van der Waals surface area contributed by atoms with Crippen LogP contribution in [-0.2, 0) is 11.3 Å². The van der Waals surface area contributed by atoms with Crippen molar-refractivity contribution in [3.63, 3.8) is 0 Å². The van der Waals surface area contributed by atoms with Crippen LogP contribution >= 0.6 is 11.6 Å². The van der Waals surface area contributed by atoms with Gasteiger partial charge in [0.15, 0.2) is 0 Å². The molecule has 1 saturated heterocycles. The lowest BCUT2D eigenvalue weighted by molar-refractivity contribution is 0.0773. The van der Waals surface area contributed by atoms with Crippen LogP contribution in [0.15, 0.2) is 12.3 Å². The standard InChI is InChI=1S/C13H20ClN3O2/c1-3-4-17-8-9(14)5-11(17)13(18)16-10-6-15-7-12(10)19-2/h5,8,10,12,15H,3-4,6-7H2,1-2H3,(H,16,18)/t10?,12-/m0/s1. The van der Waals surface area contributed by atoms with Gasteiger partial charge >= 0.3 is 0 Å². The van der Waals surface area contributed by atoms with Crippen LogP contribution in [0.2, 0.25) is 5.02 Å². The van der Waals surface area contributed by atoms with E-state index < -0.39 is 0 Å². The van der Waals surface area contributed by atoms with Crippen LogP contribution in [0.5, 0.6) is 0 Å². The lowest BCUT2D eigenvalue weighted by Gasteiger charge is -2.19. The Morgan fingerprint density at radius 2 is 2.42 bits per heavy atom. The van der Waals surface area contributed by atoms with Crippen LogP contribution in [0.4, 0.5) is 0 Å². The predicted molar refractivity (Wildman–Crippen MR) is 74.7 cm³/mol. The number of hydrogen-bond acceptors (Lipinski definition) is 3.